The van der Waals surface area contributed by atoms with E-state index in [2.05, 4.69) is 12.2 Å². The first-order chi connectivity index (χ1) is 9.99. The van der Waals surface area contributed by atoms with E-state index in [0.29, 0.717) is 18.3 Å². The van der Waals surface area contributed by atoms with Gasteiger partial charge in [0.05, 0.1) is 0 Å². The van der Waals surface area contributed by atoms with Crippen molar-refractivity contribution in [2.24, 2.45) is 11.8 Å². The molecule has 3 unspecified atom stereocenters. The lowest BCUT2D eigenvalue weighted by molar-refractivity contribution is -0.159. The Hall–Kier alpha value is -1.06. The first kappa shape index (κ1) is 14.9. The molecule has 0 aromatic rings. The third-order valence-corrected chi connectivity index (χ3v) is 6.00. The van der Waals surface area contributed by atoms with Gasteiger partial charge >= 0.3 is 0 Å². The quantitative estimate of drug-likeness (QED) is 0.865. The third-order valence-electron chi connectivity index (χ3n) is 6.00. The molecule has 0 bridgehead atoms. The highest BCUT2D eigenvalue weighted by atomic mass is 16.2. The van der Waals surface area contributed by atoms with Gasteiger partial charge in [0.1, 0.15) is 11.6 Å². The van der Waals surface area contributed by atoms with Crippen molar-refractivity contribution in [3.63, 3.8) is 0 Å². The van der Waals surface area contributed by atoms with Crippen LogP contribution in [0, 0.1) is 11.8 Å². The monoisotopic (exact) mass is 292 g/mol. The van der Waals surface area contributed by atoms with E-state index in [1.807, 2.05) is 18.7 Å². The van der Waals surface area contributed by atoms with Gasteiger partial charge in [-0.25, -0.2) is 0 Å². The molecule has 118 valence electrons. The molecule has 1 N–H and O–H groups in total. The summed E-state index contributed by atoms with van der Waals surface area (Å²) in [5.41, 5.74) is -0.657. The molecule has 21 heavy (non-hydrogen) atoms. The number of nitrogens with zero attached hydrogens (tertiary/aromatic N) is 1. The average Bonchev–Trinajstić information content (AvgIpc) is 3.18. The van der Waals surface area contributed by atoms with Crippen LogP contribution in [0.4, 0.5) is 0 Å². The number of carbonyl (C=O) groups excluding carboxylic acids is 2. The van der Waals surface area contributed by atoms with Crippen molar-refractivity contribution in [1.82, 2.24) is 10.2 Å². The lowest BCUT2D eigenvalue weighted by Crippen LogP contribution is -2.72. The molecule has 1 saturated heterocycles. The highest BCUT2D eigenvalue weighted by Crippen LogP contribution is 2.43. The lowest BCUT2D eigenvalue weighted by Gasteiger charge is -2.48. The fraction of sp³-hybridized carbons (Fsp3) is 0.882. The molecule has 3 fully saturated rings. The van der Waals surface area contributed by atoms with Crippen LogP contribution < -0.4 is 5.32 Å². The number of nitrogens with one attached hydrogen (secondary N) is 1. The second-order valence-corrected chi connectivity index (χ2v) is 7.39. The van der Waals surface area contributed by atoms with Gasteiger partial charge in [0, 0.05) is 6.04 Å². The van der Waals surface area contributed by atoms with Crippen molar-refractivity contribution in [1.29, 1.82) is 0 Å². The summed E-state index contributed by atoms with van der Waals surface area (Å²) in [5, 5.41) is 3.05. The zero-order valence-electron chi connectivity index (χ0n) is 13.5. The van der Waals surface area contributed by atoms with E-state index < -0.39 is 5.54 Å². The van der Waals surface area contributed by atoms with E-state index >= 15 is 0 Å². The summed E-state index contributed by atoms with van der Waals surface area (Å²) < 4.78 is 0. The van der Waals surface area contributed by atoms with Crippen molar-refractivity contribution < 1.29 is 9.59 Å². The zero-order chi connectivity index (χ0) is 15.2. The van der Waals surface area contributed by atoms with Gasteiger partial charge in [0.25, 0.3) is 0 Å². The van der Waals surface area contributed by atoms with Crippen LogP contribution >= 0.6 is 0 Å². The van der Waals surface area contributed by atoms with Crippen LogP contribution in [0.2, 0.25) is 0 Å². The number of amides is 2. The van der Waals surface area contributed by atoms with Crippen LogP contribution in [0.1, 0.15) is 65.7 Å². The topological polar surface area (TPSA) is 49.4 Å². The smallest absolute Gasteiger partial charge is 0.249 e. The number of hydrogen-bond donors (Lipinski definition) is 1. The summed E-state index contributed by atoms with van der Waals surface area (Å²) in [6.45, 7) is 6.10. The molecule has 0 aromatic heterocycles. The van der Waals surface area contributed by atoms with E-state index in [1.165, 1.54) is 25.7 Å². The Bertz CT molecular complexity index is 440. The van der Waals surface area contributed by atoms with Gasteiger partial charge in [-0.3, -0.25) is 9.59 Å². The fourth-order valence-electron chi connectivity index (χ4n) is 4.38. The van der Waals surface area contributed by atoms with Crippen molar-refractivity contribution in [3.05, 3.63) is 0 Å². The summed E-state index contributed by atoms with van der Waals surface area (Å²) in [6, 6.07) is -0.0889. The van der Waals surface area contributed by atoms with Gasteiger partial charge in [0.15, 0.2) is 0 Å². The molecule has 0 aromatic carbocycles. The van der Waals surface area contributed by atoms with Crippen LogP contribution in [0.5, 0.6) is 0 Å². The van der Waals surface area contributed by atoms with E-state index in [0.717, 1.165) is 12.8 Å². The van der Waals surface area contributed by atoms with Crippen LogP contribution in [-0.4, -0.2) is 34.3 Å². The Kier molecular flexibility index (Phi) is 3.74. The Balaban J connectivity index is 1.88. The average molecular weight is 292 g/mol. The van der Waals surface area contributed by atoms with Crippen molar-refractivity contribution >= 4 is 11.8 Å². The zero-order valence-corrected chi connectivity index (χ0v) is 13.5. The first-order valence-electron chi connectivity index (χ1n) is 8.63. The van der Waals surface area contributed by atoms with Crippen LogP contribution in [0.15, 0.2) is 0 Å². The Morgan fingerprint density at radius 2 is 1.86 bits per heavy atom. The molecule has 3 rings (SSSR count). The summed E-state index contributed by atoms with van der Waals surface area (Å²) in [7, 11) is 0. The molecule has 3 atom stereocenters. The molecule has 3 aliphatic rings. The van der Waals surface area contributed by atoms with Crippen molar-refractivity contribution in [2.75, 3.05) is 0 Å². The molecule has 2 amide bonds. The van der Waals surface area contributed by atoms with E-state index in [9.17, 15) is 9.59 Å². The maximum absolute atomic E-state index is 13.2. The Morgan fingerprint density at radius 1 is 1.24 bits per heavy atom. The third kappa shape index (κ3) is 2.36. The summed E-state index contributed by atoms with van der Waals surface area (Å²) in [5.74, 6) is 1.12. The normalized spacial score (nSPS) is 36.0. The summed E-state index contributed by atoms with van der Waals surface area (Å²) in [6.07, 6.45) is 7.75. The van der Waals surface area contributed by atoms with Gasteiger partial charge in [-0.15, -0.1) is 0 Å². The number of rotatable bonds is 4. The van der Waals surface area contributed by atoms with Crippen molar-refractivity contribution in [2.45, 2.75) is 83.3 Å². The molecule has 4 nitrogen and oxygen atoms in total. The SMILES string of the molecule is CCC1C(=O)NC(C)(C2CC2)C(=O)N1C(C)C1CCCC1. The summed E-state index contributed by atoms with van der Waals surface area (Å²) >= 11 is 0. The largest absolute Gasteiger partial charge is 0.340 e. The first-order valence-corrected chi connectivity index (χ1v) is 8.63. The van der Waals surface area contributed by atoms with Crippen LogP contribution in [-0.2, 0) is 9.59 Å². The molecule has 2 aliphatic carbocycles. The molecule has 2 saturated carbocycles. The molecule has 1 heterocycles. The molecule has 1 aliphatic heterocycles. The standard InChI is InChI=1S/C17H28N2O2/c1-4-14-15(20)18-17(3,13-9-10-13)16(21)19(14)11(2)12-7-5-6-8-12/h11-14H,4-10H2,1-3H3,(H,18,20). The predicted octanol–water partition coefficient (Wildman–Crippen LogP) is 2.47. The maximum Gasteiger partial charge on any atom is 0.249 e. The Morgan fingerprint density at radius 3 is 2.38 bits per heavy atom. The number of piperazine rings is 1. The lowest BCUT2D eigenvalue weighted by atomic mass is 9.85. The molecule has 4 heteroatoms. The highest BCUT2D eigenvalue weighted by Gasteiger charge is 2.56. The minimum atomic E-state index is -0.657. The maximum atomic E-state index is 13.2. The summed E-state index contributed by atoms with van der Waals surface area (Å²) in [4.78, 5) is 27.6. The molecule has 0 spiro atoms. The predicted molar refractivity (Wildman–Crippen MR) is 81.6 cm³/mol. The van der Waals surface area contributed by atoms with Gasteiger partial charge in [-0.1, -0.05) is 19.8 Å². The minimum absolute atomic E-state index is 0.0522. The number of carbonyl (C=O) groups is 2. The highest BCUT2D eigenvalue weighted by molar-refractivity contribution is 6.00. The second kappa shape index (κ2) is 5.29. The fourth-order valence-corrected chi connectivity index (χ4v) is 4.38. The second-order valence-electron chi connectivity index (χ2n) is 7.39. The van der Waals surface area contributed by atoms with E-state index in [1.54, 1.807) is 0 Å². The van der Waals surface area contributed by atoms with Crippen LogP contribution in [0.25, 0.3) is 0 Å². The van der Waals surface area contributed by atoms with Gasteiger partial charge in [-0.05, 0) is 57.8 Å². The van der Waals surface area contributed by atoms with Crippen molar-refractivity contribution in [3.8, 4) is 0 Å². The van der Waals surface area contributed by atoms with E-state index in [4.69, 9.17) is 0 Å². The molecular formula is C17H28N2O2. The number of hydrogen-bond acceptors (Lipinski definition) is 2. The van der Waals surface area contributed by atoms with Crippen LogP contribution in [0.3, 0.4) is 0 Å². The van der Waals surface area contributed by atoms with Gasteiger partial charge in [0.2, 0.25) is 11.8 Å². The molecular weight excluding hydrogens is 264 g/mol. The van der Waals surface area contributed by atoms with E-state index in [-0.39, 0.29) is 23.9 Å². The van der Waals surface area contributed by atoms with Gasteiger partial charge < -0.3 is 10.2 Å². The molecule has 0 radical (unpaired) electrons. The minimum Gasteiger partial charge on any atom is -0.340 e. The van der Waals surface area contributed by atoms with Gasteiger partial charge in [-0.2, -0.15) is 0 Å². The Labute approximate surface area is 127 Å².